The van der Waals surface area contributed by atoms with Crippen molar-refractivity contribution in [3.05, 3.63) is 70.7 Å². The van der Waals surface area contributed by atoms with Gasteiger partial charge in [0.1, 0.15) is 23.9 Å². The van der Waals surface area contributed by atoms with Gasteiger partial charge in [0.2, 0.25) is 5.91 Å². The first-order valence-electron chi connectivity index (χ1n) is 6.90. The molecule has 0 fully saturated rings. The topological polar surface area (TPSA) is 77.1 Å². The normalized spacial score (nSPS) is 10.6. The Bertz CT molecular complexity index is 936. The minimum absolute atomic E-state index is 0.184. The monoisotopic (exact) mass is 331 g/mol. The summed E-state index contributed by atoms with van der Waals surface area (Å²) in [6.07, 6.45) is 1.45. The molecule has 3 rings (SSSR count). The highest BCUT2D eigenvalue weighted by molar-refractivity contribution is 5.90. The Morgan fingerprint density at radius 1 is 1.21 bits per heavy atom. The molecule has 0 bridgehead atoms. The lowest BCUT2D eigenvalue weighted by molar-refractivity contribution is -0.117. The molecule has 1 aromatic carbocycles. The number of anilines is 1. The minimum atomic E-state index is -0.909. The van der Waals surface area contributed by atoms with Crippen LogP contribution in [0.1, 0.15) is 0 Å². The molecule has 0 spiro atoms. The Hall–Kier alpha value is -3.29. The van der Waals surface area contributed by atoms with Crippen LogP contribution >= 0.6 is 0 Å². The molecule has 6 nitrogen and oxygen atoms in total. The fourth-order valence-corrected chi connectivity index (χ4v) is 2.03. The second-order valence-electron chi connectivity index (χ2n) is 4.86. The molecule has 0 aliphatic rings. The molecule has 8 heteroatoms. The van der Waals surface area contributed by atoms with Crippen molar-refractivity contribution in [3.8, 4) is 11.5 Å². The number of nitrogens with one attached hydrogen (secondary N) is 1. The molecule has 122 valence electrons. The lowest BCUT2D eigenvalue weighted by Crippen LogP contribution is -2.29. The zero-order chi connectivity index (χ0) is 17.1. The smallest absolute Gasteiger partial charge is 0.267 e. The van der Waals surface area contributed by atoms with E-state index in [1.54, 1.807) is 12.1 Å². The zero-order valence-corrected chi connectivity index (χ0v) is 12.2. The van der Waals surface area contributed by atoms with Crippen LogP contribution in [-0.2, 0) is 11.3 Å². The fraction of sp³-hybridized carbons (Fsp3) is 0.0625. The number of aromatic nitrogens is 2. The largest absolute Gasteiger partial charge is 0.463 e. The molecule has 3 aromatic rings. The minimum Gasteiger partial charge on any atom is -0.463 e. The molecular formula is C16H11F2N3O3. The quantitative estimate of drug-likeness (QED) is 0.796. The van der Waals surface area contributed by atoms with Gasteiger partial charge < -0.3 is 9.73 Å². The number of hydrogen-bond donors (Lipinski definition) is 1. The summed E-state index contributed by atoms with van der Waals surface area (Å²) in [5.74, 6) is -1.90. The van der Waals surface area contributed by atoms with Gasteiger partial charge in [-0.3, -0.25) is 9.59 Å². The summed E-state index contributed by atoms with van der Waals surface area (Å²) in [6.45, 7) is -0.426. The van der Waals surface area contributed by atoms with Gasteiger partial charge in [-0.05, 0) is 30.3 Å². The van der Waals surface area contributed by atoms with Gasteiger partial charge in [0.05, 0.1) is 12.0 Å². The number of amides is 1. The summed E-state index contributed by atoms with van der Waals surface area (Å²) in [6, 6.07) is 8.80. The van der Waals surface area contributed by atoms with Crippen molar-refractivity contribution in [1.82, 2.24) is 9.78 Å². The maximum Gasteiger partial charge on any atom is 0.267 e. The van der Waals surface area contributed by atoms with E-state index in [1.165, 1.54) is 18.4 Å². The van der Waals surface area contributed by atoms with E-state index in [9.17, 15) is 18.4 Å². The lowest BCUT2D eigenvalue weighted by atomic mass is 10.3. The summed E-state index contributed by atoms with van der Waals surface area (Å²) >= 11 is 0. The molecule has 0 radical (unpaired) electrons. The van der Waals surface area contributed by atoms with Crippen molar-refractivity contribution in [2.45, 2.75) is 6.54 Å². The van der Waals surface area contributed by atoms with Crippen LogP contribution in [0.3, 0.4) is 0 Å². The van der Waals surface area contributed by atoms with Crippen molar-refractivity contribution in [2.24, 2.45) is 0 Å². The first-order chi connectivity index (χ1) is 11.5. The predicted octanol–water partition coefficient (Wildman–Crippen LogP) is 2.42. The third-order valence-electron chi connectivity index (χ3n) is 3.14. The molecule has 0 atom stereocenters. The number of carbonyl (C=O) groups excluding carboxylic acids is 1. The number of halogens is 2. The highest BCUT2D eigenvalue weighted by Gasteiger charge is 2.11. The van der Waals surface area contributed by atoms with Crippen molar-refractivity contribution in [2.75, 3.05) is 5.32 Å². The number of benzene rings is 1. The molecule has 2 heterocycles. The maximum absolute atomic E-state index is 13.5. The standard InChI is InChI=1S/C16H11F2N3O3/c17-10-3-4-12(11(18)8-10)19-15(22)9-21-16(23)6-5-13(20-21)14-2-1-7-24-14/h1-8H,9H2,(H,19,22). The van der Waals surface area contributed by atoms with E-state index in [0.717, 1.165) is 16.8 Å². The van der Waals surface area contributed by atoms with Gasteiger partial charge in [-0.1, -0.05) is 0 Å². The second kappa shape index (κ2) is 6.45. The van der Waals surface area contributed by atoms with Gasteiger partial charge in [-0.15, -0.1) is 0 Å². The van der Waals surface area contributed by atoms with Crippen LogP contribution in [0, 0.1) is 11.6 Å². The van der Waals surface area contributed by atoms with Gasteiger partial charge in [-0.2, -0.15) is 5.10 Å². The van der Waals surface area contributed by atoms with E-state index in [2.05, 4.69) is 10.4 Å². The average Bonchev–Trinajstić information content (AvgIpc) is 3.07. The third kappa shape index (κ3) is 3.37. The average molecular weight is 331 g/mol. The summed E-state index contributed by atoms with van der Waals surface area (Å²) in [4.78, 5) is 23.8. The molecule has 0 saturated heterocycles. The van der Waals surface area contributed by atoms with Crippen LogP contribution in [0.4, 0.5) is 14.5 Å². The zero-order valence-electron chi connectivity index (χ0n) is 12.2. The van der Waals surface area contributed by atoms with Gasteiger partial charge in [0, 0.05) is 12.1 Å². The van der Waals surface area contributed by atoms with Crippen LogP contribution in [-0.4, -0.2) is 15.7 Å². The SMILES string of the molecule is O=C(Cn1nc(-c2ccco2)ccc1=O)Nc1ccc(F)cc1F. The fourth-order valence-electron chi connectivity index (χ4n) is 2.03. The Morgan fingerprint density at radius 2 is 2.04 bits per heavy atom. The van der Waals surface area contributed by atoms with Gasteiger partial charge in [0.15, 0.2) is 5.76 Å². The molecule has 0 unspecified atom stereocenters. The Labute approximate surface area is 134 Å². The van der Waals surface area contributed by atoms with E-state index < -0.39 is 29.6 Å². The van der Waals surface area contributed by atoms with Gasteiger partial charge in [0.25, 0.3) is 5.56 Å². The number of furan rings is 1. The first kappa shape index (κ1) is 15.6. The Morgan fingerprint density at radius 3 is 2.75 bits per heavy atom. The third-order valence-corrected chi connectivity index (χ3v) is 3.14. The lowest BCUT2D eigenvalue weighted by Gasteiger charge is -2.08. The van der Waals surface area contributed by atoms with Crippen LogP contribution in [0.25, 0.3) is 11.5 Å². The van der Waals surface area contributed by atoms with Crippen LogP contribution in [0.2, 0.25) is 0 Å². The molecular weight excluding hydrogens is 320 g/mol. The van der Waals surface area contributed by atoms with E-state index in [-0.39, 0.29) is 5.69 Å². The predicted molar refractivity (Wildman–Crippen MR) is 81.2 cm³/mol. The number of nitrogens with zero attached hydrogens (tertiary/aromatic N) is 2. The molecule has 0 aliphatic heterocycles. The van der Waals surface area contributed by atoms with Crippen LogP contribution in [0.5, 0.6) is 0 Å². The Kier molecular flexibility index (Phi) is 4.19. The van der Waals surface area contributed by atoms with Crippen molar-refractivity contribution >= 4 is 11.6 Å². The van der Waals surface area contributed by atoms with E-state index in [4.69, 9.17) is 4.42 Å². The van der Waals surface area contributed by atoms with E-state index >= 15 is 0 Å². The summed E-state index contributed by atoms with van der Waals surface area (Å²) < 4.78 is 32.5. The molecule has 24 heavy (non-hydrogen) atoms. The molecule has 0 aliphatic carbocycles. The highest BCUT2D eigenvalue weighted by Crippen LogP contribution is 2.16. The second-order valence-corrected chi connectivity index (χ2v) is 4.86. The summed E-state index contributed by atoms with van der Waals surface area (Å²) in [7, 11) is 0. The number of carbonyl (C=O) groups is 1. The first-order valence-corrected chi connectivity index (χ1v) is 6.90. The summed E-state index contributed by atoms with van der Waals surface area (Å²) in [5, 5.41) is 6.29. The molecule has 1 amide bonds. The van der Waals surface area contributed by atoms with E-state index in [0.29, 0.717) is 17.5 Å². The molecule has 1 N–H and O–H groups in total. The Balaban J connectivity index is 1.79. The maximum atomic E-state index is 13.5. The van der Waals surface area contributed by atoms with Crippen molar-refractivity contribution in [1.29, 1.82) is 0 Å². The molecule has 0 saturated carbocycles. The highest BCUT2D eigenvalue weighted by atomic mass is 19.1. The van der Waals surface area contributed by atoms with Gasteiger partial charge in [-0.25, -0.2) is 13.5 Å². The van der Waals surface area contributed by atoms with Crippen LogP contribution in [0.15, 0.2) is 57.9 Å². The number of hydrogen-bond acceptors (Lipinski definition) is 4. The van der Waals surface area contributed by atoms with Crippen LogP contribution < -0.4 is 10.9 Å². The van der Waals surface area contributed by atoms with Gasteiger partial charge >= 0.3 is 0 Å². The number of rotatable bonds is 4. The van der Waals surface area contributed by atoms with Crippen molar-refractivity contribution < 1.29 is 18.0 Å². The molecule has 2 aromatic heterocycles. The summed E-state index contributed by atoms with van der Waals surface area (Å²) in [5.41, 5.74) is -0.308. The van der Waals surface area contributed by atoms with Crippen molar-refractivity contribution in [3.63, 3.8) is 0 Å². The van der Waals surface area contributed by atoms with E-state index in [1.807, 2.05) is 0 Å².